The van der Waals surface area contributed by atoms with E-state index in [1.54, 1.807) is 0 Å². The molecule has 1 saturated carbocycles. The quantitative estimate of drug-likeness (QED) is 0.909. The molecule has 1 aliphatic heterocycles. The lowest BCUT2D eigenvalue weighted by atomic mass is 9.84. The highest BCUT2D eigenvalue weighted by molar-refractivity contribution is 5.87. The minimum Gasteiger partial charge on any atom is -0.342 e. The fourth-order valence-electron chi connectivity index (χ4n) is 4.93. The minimum atomic E-state index is -0.112. The van der Waals surface area contributed by atoms with Crippen LogP contribution in [0.1, 0.15) is 37.3 Å². The maximum absolute atomic E-state index is 13.1. The van der Waals surface area contributed by atoms with Gasteiger partial charge in [-0.15, -0.1) is 0 Å². The summed E-state index contributed by atoms with van der Waals surface area (Å²) in [6.45, 7) is 4.35. The molecular formula is C19H26N2O. The largest absolute Gasteiger partial charge is 0.342 e. The first-order valence-corrected chi connectivity index (χ1v) is 8.61. The molecule has 1 atom stereocenters. The van der Waals surface area contributed by atoms with Gasteiger partial charge in [0.1, 0.15) is 0 Å². The smallest absolute Gasteiger partial charge is 0.229 e. The maximum Gasteiger partial charge on any atom is 0.229 e. The van der Waals surface area contributed by atoms with Crippen LogP contribution in [-0.4, -0.2) is 37.0 Å². The summed E-state index contributed by atoms with van der Waals surface area (Å²) in [6, 6.07) is 8.98. The predicted molar refractivity (Wildman–Crippen MR) is 87.7 cm³/mol. The first kappa shape index (κ1) is 14.3. The SMILES string of the molecule is CN(C(=O)C1(C)CC12CCNCC2)C1Cc2ccccc2C1. The number of nitrogens with one attached hydrogen (secondary N) is 1. The van der Waals surface area contributed by atoms with Gasteiger partial charge in [-0.1, -0.05) is 31.2 Å². The summed E-state index contributed by atoms with van der Waals surface area (Å²) in [6.07, 6.45) is 5.44. The lowest BCUT2D eigenvalue weighted by Gasteiger charge is -2.32. The van der Waals surface area contributed by atoms with Crippen LogP contribution in [0.5, 0.6) is 0 Å². The number of carbonyl (C=O) groups excluding carboxylic acids is 1. The number of hydrogen-bond acceptors (Lipinski definition) is 2. The van der Waals surface area contributed by atoms with Gasteiger partial charge in [0.05, 0.1) is 5.41 Å². The van der Waals surface area contributed by atoms with Crippen molar-refractivity contribution in [2.45, 2.75) is 45.1 Å². The molecule has 3 aliphatic rings. The second-order valence-electron chi connectivity index (χ2n) is 7.79. The average molecular weight is 298 g/mol. The summed E-state index contributed by atoms with van der Waals surface area (Å²) < 4.78 is 0. The Balaban J connectivity index is 1.48. The van der Waals surface area contributed by atoms with Gasteiger partial charge in [-0.25, -0.2) is 0 Å². The summed E-state index contributed by atoms with van der Waals surface area (Å²) in [5, 5.41) is 3.43. The van der Waals surface area contributed by atoms with E-state index < -0.39 is 0 Å². The van der Waals surface area contributed by atoms with Gasteiger partial charge >= 0.3 is 0 Å². The number of benzene rings is 1. The van der Waals surface area contributed by atoms with Crippen molar-refractivity contribution in [3.63, 3.8) is 0 Å². The first-order valence-electron chi connectivity index (χ1n) is 8.61. The van der Waals surface area contributed by atoms with Gasteiger partial charge in [0, 0.05) is 13.1 Å². The highest BCUT2D eigenvalue weighted by atomic mass is 16.2. The van der Waals surface area contributed by atoms with E-state index in [-0.39, 0.29) is 10.8 Å². The number of hydrogen-bond donors (Lipinski definition) is 1. The third kappa shape index (κ3) is 1.95. The van der Waals surface area contributed by atoms with Crippen molar-refractivity contribution >= 4 is 5.91 Å². The molecule has 22 heavy (non-hydrogen) atoms. The number of nitrogens with zero attached hydrogens (tertiary/aromatic N) is 1. The third-order valence-corrected chi connectivity index (χ3v) is 6.67. The first-order chi connectivity index (χ1) is 10.6. The van der Waals surface area contributed by atoms with Gasteiger partial charge in [0.2, 0.25) is 5.91 Å². The molecule has 0 radical (unpaired) electrons. The van der Waals surface area contributed by atoms with Crippen molar-refractivity contribution in [2.24, 2.45) is 10.8 Å². The topological polar surface area (TPSA) is 32.3 Å². The highest BCUT2D eigenvalue weighted by Crippen LogP contribution is 2.69. The van der Waals surface area contributed by atoms with Crippen LogP contribution in [0.3, 0.4) is 0 Å². The molecular weight excluding hydrogens is 272 g/mol. The average Bonchev–Trinajstić information content (AvgIpc) is 2.93. The van der Waals surface area contributed by atoms with Crippen molar-refractivity contribution in [3.05, 3.63) is 35.4 Å². The van der Waals surface area contributed by atoms with Crippen molar-refractivity contribution < 1.29 is 4.79 Å². The van der Waals surface area contributed by atoms with Gasteiger partial charge in [-0.3, -0.25) is 4.79 Å². The van der Waals surface area contributed by atoms with E-state index in [2.05, 4.69) is 41.4 Å². The molecule has 3 nitrogen and oxygen atoms in total. The summed E-state index contributed by atoms with van der Waals surface area (Å²) in [4.78, 5) is 15.2. The molecule has 0 bridgehead atoms. The monoisotopic (exact) mass is 298 g/mol. The van der Waals surface area contributed by atoms with Gasteiger partial charge in [0.25, 0.3) is 0 Å². The van der Waals surface area contributed by atoms with Crippen LogP contribution in [0.15, 0.2) is 24.3 Å². The van der Waals surface area contributed by atoms with Gasteiger partial charge < -0.3 is 10.2 Å². The summed E-state index contributed by atoms with van der Waals surface area (Å²) in [5.41, 5.74) is 3.02. The Kier molecular flexibility index (Phi) is 3.12. The predicted octanol–water partition coefficient (Wildman–Crippen LogP) is 2.39. The van der Waals surface area contributed by atoms with Crippen LogP contribution in [-0.2, 0) is 17.6 Å². The molecule has 2 fully saturated rings. The molecule has 1 spiro atoms. The lowest BCUT2D eigenvalue weighted by molar-refractivity contribution is -0.138. The van der Waals surface area contributed by atoms with Crippen molar-refractivity contribution in [2.75, 3.05) is 20.1 Å². The van der Waals surface area contributed by atoms with Crippen molar-refractivity contribution in [1.82, 2.24) is 10.2 Å². The molecule has 2 aliphatic carbocycles. The molecule has 1 saturated heterocycles. The second-order valence-corrected chi connectivity index (χ2v) is 7.79. The molecule has 4 rings (SSSR count). The van der Waals surface area contributed by atoms with Crippen LogP contribution in [0.25, 0.3) is 0 Å². The molecule has 0 aromatic heterocycles. The Labute approximate surface area is 133 Å². The van der Waals surface area contributed by atoms with Crippen LogP contribution in [0.4, 0.5) is 0 Å². The van der Waals surface area contributed by atoms with Gasteiger partial charge in [0.15, 0.2) is 0 Å². The van der Waals surface area contributed by atoms with Crippen LogP contribution in [0, 0.1) is 10.8 Å². The Morgan fingerprint density at radius 3 is 2.36 bits per heavy atom. The fraction of sp³-hybridized carbons (Fsp3) is 0.632. The zero-order chi connectivity index (χ0) is 15.4. The molecule has 118 valence electrons. The maximum atomic E-state index is 13.1. The van der Waals surface area contributed by atoms with Gasteiger partial charge in [-0.2, -0.15) is 0 Å². The Morgan fingerprint density at radius 2 is 1.77 bits per heavy atom. The highest BCUT2D eigenvalue weighted by Gasteiger charge is 2.68. The Hall–Kier alpha value is -1.35. The van der Waals surface area contributed by atoms with Gasteiger partial charge in [-0.05, 0) is 61.7 Å². The summed E-state index contributed by atoms with van der Waals surface area (Å²) in [5.74, 6) is 0.382. The Bertz CT molecular complexity index is 580. The summed E-state index contributed by atoms with van der Waals surface area (Å²) >= 11 is 0. The number of carbonyl (C=O) groups is 1. The van der Waals surface area contributed by atoms with E-state index in [9.17, 15) is 4.79 Å². The number of likely N-dealkylation sites (N-methyl/N-ethyl adjacent to an activating group) is 1. The molecule has 1 heterocycles. The van der Waals surface area contributed by atoms with Crippen LogP contribution < -0.4 is 5.32 Å². The van der Waals surface area contributed by atoms with Crippen LogP contribution in [0.2, 0.25) is 0 Å². The number of rotatable bonds is 2. The number of amides is 1. The lowest BCUT2D eigenvalue weighted by Crippen LogP contribution is -2.44. The molecule has 1 aromatic carbocycles. The van der Waals surface area contributed by atoms with E-state index in [4.69, 9.17) is 0 Å². The second kappa shape index (κ2) is 4.82. The van der Waals surface area contributed by atoms with E-state index in [1.165, 1.54) is 11.1 Å². The molecule has 1 unspecified atom stereocenters. The molecule has 3 heteroatoms. The van der Waals surface area contributed by atoms with Crippen molar-refractivity contribution in [1.29, 1.82) is 0 Å². The van der Waals surface area contributed by atoms with E-state index in [0.29, 0.717) is 11.9 Å². The fourth-order valence-corrected chi connectivity index (χ4v) is 4.93. The zero-order valence-corrected chi connectivity index (χ0v) is 13.7. The third-order valence-electron chi connectivity index (χ3n) is 6.67. The molecule has 1 N–H and O–H groups in total. The zero-order valence-electron chi connectivity index (χ0n) is 13.7. The van der Waals surface area contributed by atoms with E-state index in [0.717, 1.165) is 45.2 Å². The van der Waals surface area contributed by atoms with Crippen LogP contribution >= 0.6 is 0 Å². The molecule has 1 amide bonds. The standard InChI is InChI=1S/C19H26N2O/c1-18(13-19(18)7-9-20-10-8-19)17(22)21(2)16-11-14-5-3-4-6-15(14)12-16/h3-6,16,20H,7-13H2,1-2H3. The minimum absolute atomic E-state index is 0.112. The number of fused-ring (bicyclic) bond motifs is 1. The summed E-state index contributed by atoms with van der Waals surface area (Å²) in [7, 11) is 2.03. The van der Waals surface area contributed by atoms with E-state index in [1.807, 2.05) is 7.05 Å². The normalized spacial score (nSPS) is 29.4. The van der Waals surface area contributed by atoms with Crippen molar-refractivity contribution in [3.8, 4) is 0 Å². The Morgan fingerprint density at radius 1 is 1.18 bits per heavy atom. The van der Waals surface area contributed by atoms with E-state index >= 15 is 0 Å². The number of piperidine rings is 1. The molecule has 1 aromatic rings.